The standard InChI is InChI=1S/C16H19N3/c1-11(2)15-9-13(6-5-12-3-4-12)7-8-14(15)16(10-17)19-18/h7-12,17H,3-4,18H2,1-2H3/b17-10?,19-16+. The second-order valence-electron chi connectivity index (χ2n) is 5.16. The van der Waals surface area contributed by atoms with E-state index in [0.29, 0.717) is 17.5 Å². The molecule has 1 aliphatic carbocycles. The summed E-state index contributed by atoms with van der Waals surface area (Å²) in [6.07, 6.45) is 3.66. The van der Waals surface area contributed by atoms with E-state index >= 15 is 0 Å². The molecule has 98 valence electrons. The minimum Gasteiger partial charge on any atom is -0.323 e. The van der Waals surface area contributed by atoms with Crippen molar-refractivity contribution in [3.05, 3.63) is 34.9 Å². The first-order valence-corrected chi connectivity index (χ1v) is 6.60. The van der Waals surface area contributed by atoms with Gasteiger partial charge in [0.1, 0.15) is 5.71 Å². The van der Waals surface area contributed by atoms with Gasteiger partial charge in [-0.3, -0.25) is 0 Å². The third kappa shape index (κ3) is 3.23. The number of hydrazone groups is 1. The fraction of sp³-hybridized carbons (Fsp3) is 0.375. The SMILES string of the molecule is CC(C)c1cc(C#CC2CC2)ccc1/C(C=N)=N/N. The Morgan fingerprint density at radius 3 is 2.74 bits per heavy atom. The van der Waals surface area contributed by atoms with Crippen LogP contribution < -0.4 is 5.84 Å². The Hall–Kier alpha value is -2.08. The van der Waals surface area contributed by atoms with E-state index in [2.05, 4.69) is 36.9 Å². The number of rotatable bonds is 3. The van der Waals surface area contributed by atoms with Gasteiger partial charge in [0.25, 0.3) is 0 Å². The Morgan fingerprint density at radius 2 is 2.21 bits per heavy atom. The summed E-state index contributed by atoms with van der Waals surface area (Å²) >= 11 is 0. The second kappa shape index (κ2) is 5.71. The number of benzene rings is 1. The molecule has 0 aliphatic heterocycles. The van der Waals surface area contributed by atoms with Crippen LogP contribution in [0, 0.1) is 23.2 Å². The summed E-state index contributed by atoms with van der Waals surface area (Å²) in [5, 5.41) is 11.0. The maximum Gasteiger partial charge on any atom is 0.108 e. The highest BCUT2D eigenvalue weighted by molar-refractivity contribution is 6.37. The highest BCUT2D eigenvalue weighted by Crippen LogP contribution is 2.28. The second-order valence-corrected chi connectivity index (χ2v) is 5.16. The van der Waals surface area contributed by atoms with Gasteiger partial charge in [-0.05, 0) is 36.5 Å². The van der Waals surface area contributed by atoms with Gasteiger partial charge in [0.05, 0.1) is 0 Å². The molecule has 0 saturated heterocycles. The van der Waals surface area contributed by atoms with Crippen LogP contribution in [0.2, 0.25) is 0 Å². The Labute approximate surface area is 114 Å². The summed E-state index contributed by atoms with van der Waals surface area (Å²) in [6.45, 7) is 4.24. The number of nitrogens with one attached hydrogen (secondary N) is 1. The van der Waals surface area contributed by atoms with E-state index in [9.17, 15) is 0 Å². The summed E-state index contributed by atoms with van der Waals surface area (Å²) in [4.78, 5) is 0. The molecule has 1 aromatic carbocycles. The molecule has 1 aliphatic rings. The van der Waals surface area contributed by atoms with E-state index in [0.717, 1.165) is 16.7 Å². The molecule has 0 bridgehead atoms. The van der Waals surface area contributed by atoms with Gasteiger partial charge in [0.2, 0.25) is 0 Å². The van der Waals surface area contributed by atoms with Crippen molar-refractivity contribution >= 4 is 11.9 Å². The first-order valence-electron chi connectivity index (χ1n) is 6.60. The molecular weight excluding hydrogens is 234 g/mol. The average molecular weight is 253 g/mol. The van der Waals surface area contributed by atoms with Gasteiger partial charge in [0.15, 0.2) is 0 Å². The molecule has 0 spiro atoms. The van der Waals surface area contributed by atoms with Gasteiger partial charge in [-0.15, -0.1) is 0 Å². The summed E-state index contributed by atoms with van der Waals surface area (Å²) in [5.41, 5.74) is 3.59. The van der Waals surface area contributed by atoms with Crippen LogP contribution in [-0.2, 0) is 0 Å². The van der Waals surface area contributed by atoms with E-state index < -0.39 is 0 Å². The van der Waals surface area contributed by atoms with E-state index in [1.165, 1.54) is 19.1 Å². The first kappa shape index (κ1) is 13.4. The number of hydrogen-bond donors (Lipinski definition) is 2. The predicted molar refractivity (Wildman–Crippen MR) is 79.6 cm³/mol. The molecule has 1 fully saturated rings. The molecule has 2 rings (SSSR count). The van der Waals surface area contributed by atoms with E-state index in [1.54, 1.807) is 0 Å². The maximum absolute atomic E-state index is 7.37. The van der Waals surface area contributed by atoms with Crippen LogP contribution in [0.3, 0.4) is 0 Å². The molecule has 1 saturated carbocycles. The molecule has 1 aromatic rings. The zero-order valence-corrected chi connectivity index (χ0v) is 11.4. The Bertz CT molecular complexity index is 569. The fourth-order valence-electron chi connectivity index (χ4n) is 1.95. The minimum absolute atomic E-state index is 0.342. The molecule has 0 radical (unpaired) electrons. The smallest absolute Gasteiger partial charge is 0.108 e. The average Bonchev–Trinajstić information content (AvgIpc) is 3.22. The Morgan fingerprint density at radius 1 is 1.47 bits per heavy atom. The van der Waals surface area contributed by atoms with Crippen LogP contribution in [0.5, 0.6) is 0 Å². The lowest BCUT2D eigenvalue weighted by Crippen LogP contribution is -2.10. The van der Waals surface area contributed by atoms with Crippen molar-refractivity contribution < 1.29 is 0 Å². The van der Waals surface area contributed by atoms with E-state index in [1.807, 2.05) is 12.1 Å². The normalized spacial score (nSPS) is 15.0. The summed E-state index contributed by atoms with van der Waals surface area (Å²) in [5.74, 6) is 12.8. The van der Waals surface area contributed by atoms with Gasteiger partial charge < -0.3 is 11.3 Å². The van der Waals surface area contributed by atoms with Gasteiger partial charge in [-0.2, -0.15) is 5.10 Å². The van der Waals surface area contributed by atoms with Crippen molar-refractivity contribution in [2.45, 2.75) is 32.6 Å². The highest BCUT2D eigenvalue weighted by Gasteiger charge is 2.18. The number of nitrogens with zero attached hydrogens (tertiary/aromatic N) is 1. The zero-order chi connectivity index (χ0) is 13.8. The van der Waals surface area contributed by atoms with Crippen LogP contribution in [0.15, 0.2) is 23.3 Å². The molecule has 3 nitrogen and oxygen atoms in total. The van der Waals surface area contributed by atoms with Crippen LogP contribution in [0.25, 0.3) is 0 Å². The predicted octanol–water partition coefficient (Wildman–Crippen LogP) is 2.88. The van der Waals surface area contributed by atoms with Crippen molar-refractivity contribution in [2.24, 2.45) is 16.9 Å². The maximum atomic E-state index is 7.37. The molecule has 3 heteroatoms. The Balaban J connectivity index is 2.40. The summed E-state index contributed by atoms with van der Waals surface area (Å²) in [6, 6.07) is 6.03. The third-order valence-electron chi connectivity index (χ3n) is 3.22. The van der Waals surface area contributed by atoms with Gasteiger partial charge in [-0.25, -0.2) is 0 Å². The lowest BCUT2D eigenvalue weighted by Gasteiger charge is -2.12. The monoisotopic (exact) mass is 253 g/mol. The lowest BCUT2D eigenvalue weighted by atomic mass is 9.92. The van der Waals surface area contributed by atoms with Crippen molar-refractivity contribution in [3.8, 4) is 11.8 Å². The summed E-state index contributed by atoms with van der Waals surface area (Å²) in [7, 11) is 0. The van der Waals surface area contributed by atoms with Gasteiger partial charge >= 0.3 is 0 Å². The molecule has 0 amide bonds. The van der Waals surface area contributed by atoms with Crippen molar-refractivity contribution in [2.75, 3.05) is 0 Å². The lowest BCUT2D eigenvalue weighted by molar-refractivity contribution is 0.863. The molecule has 19 heavy (non-hydrogen) atoms. The topological polar surface area (TPSA) is 62.2 Å². The first-order chi connectivity index (χ1) is 9.15. The molecule has 0 heterocycles. The van der Waals surface area contributed by atoms with E-state index in [-0.39, 0.29) is 0 Å². The van der Waals surface area contributed by atoms with Gasteiger partial charge in [0, 0.05) is 23.3 Å². The molecule has 0 atom stereocenters. The van der Waals surface area contributed by atoms with Crippen LogP contribution in [0.4, 0.5) is 0 Å². The minimum atomic E-state index is 0.342. The largest absolute Gasteiger partial charge is 0.323 e. The van der Waals surface area contributed by atoms with Crippen molar-refractivity contribution in [1.82, 2.24) is 0 Å². The summed E-state index contributed by atoms with van der Waals surface area (Å²) < 4.78 is 0. The Kier molecular flexibility index (Phi) is 4.01. The van der Waals surface area contributed by atoms with Gasteiger partial charge in [-0.1, -0.05) is 31.8 Å². The number of nitrogens with two attached hydrogens (primary N) is 1. The fourth-order valence-corrected chi connectivity index (χ4v) is 1.95. The molecule has 0 unspecified atom stereocenters. The quantitative estimate of drug-likeness (QED) is 0.370. The van der Waals surface area contributed by atoms with Crippen LogP contribution in [0.1, 0.15) is 49.3 Å². The van der Waals surface area contributed by atoms with Crippen LogP contribution >= 0.6 is 0 Å². The molecular formula is C16H19N3. The third-order valence-corrected chi connectivity index (χ3v) is 3.22. The van der Waals surface area contributed by atoms with Crippen molar-refractivity contribution in [3.63, 3.8) is 0 Å². The zero-order valence-electron chi connectivity index (χ0n) is 11.4. The molecule has 0 aromatic heterocycles. The van der Waals surface area contributed by atoms with Crippen molar-refractivity contribution in [1.29, 1.82) is 5.41 Å². The molecule has 3 N–H and O–H groups in total. The van der Waals surface area contributed by atoms with Crippen LogP contribution in [-0.4, -0.2) is 11.9 Å². The number of hydrogen-bond acceptors (Lipinski definition) is 3. The highest BCUT2D eigenvalue weighted by atomic mass is 15.1. The van der Waals surface area contributed by atoms with E-state index in [4.69, 9.17) is 11.3 Å².